The molecule has 1 aliphatic rings. The van der Waals surface area contributed by atoms with Crippen LogP contribution in [0.1, 0.15) is 20.3 Å². The Morgan fingerprint density at radius 1 is 1.64 bits per heavy atom. The SMILES string of the molecule is CC(N)C(=O)NC1CCNCC1C.Cl. The Morgan fingerprint density at radius 3 is 2.79 bits per heavy atom. The van der Waals surface area contributed by atoms with E-state index in [4.69, 9.17) is 5.73 Å². The van der Waals surface area contributed by atoms with Crippen LogP contribution in [0.25, 0.3) is 0 Å². The number of piperidine rings is 1. The van der Waals surface area contributed by atoms with Gasteiger partial charge in [0.15, 0.2) is 0 Å². The number of nitrogens with one attached hydrogen (secondary N) is 2. The van der Waals surface area contributed by atoms with E-state index in [1.54, 1.807) is 6.92 Å². The summed E-state index contributed by atoms with van der Waals surface area (Å²) in [7, 11) is 0. The number of carbonyl (C=O) groups is 1. The van der Waals surface area contributed by atoms with Crippen molar-refractivity contribution in [2.75, 3.05) is 13.1 Å². The van der Waals surface area contributed by atoms with Crippen LogP contribution < -0.4 is 16.4 Å². The first-order valence-electron chi connectivity index (χ1n) is 4.88. The van der Waals surface area contributed by atoms with Crippen LogP contribution >= 0.6 is 12.4 Å². The number of hydrogen-bond acceptors (Lipinski definition) is 3. The van der Waals surface area contributed by atoms with Gasteiger partial charge in [0, 0.05) is 6.04 Å². The van der Waals surface area contributed by atoms with Crippen LogP contribution in [0.2, 0.25) is 0 Å². The maximum Gasteiger partial charge on any atom is 0.236 e. The lowest BCUT2D eigenvalue weighted by Crippen LogP contribution is -2.51. The second-order valence-corrected chi connectivity index (χ2v) is 3.87. The predicted molar refractivity (Wildman–Crippen MR) is 59.5 cm³/mol. The van der Waals surface area contributed by atoms with E-state index in [-0.39, 0.29) is 18.3 Å². The largest absolute Gasteiger partial charge is 0.352 e. The Balaban J connectivity index is 0.00000169. The number of amides is 1. The molecule has 0 spiro atoms. The smallest absolute Gasteiger partial charge is 0.236 e. The summed E-state index contributed by atoms with van der Waals surface area (Å²) < 4.78 is 0. The average molecular weight is 222 g/mol. The highest BCUT2D eigenvalue weighted by atomic mass is 35.5. The molecule has 84 valence electrons. The molecule has 0 saturated carbocycles. The van der Waals surface area contributed by atoms with Crippen LogP contribution in [-0.4, -0.2) is 31.1 Å². The Kier molecular flexibility index (Phi) is 6.08. The second kappa shape index (κ2) is 6.22. The van der Waals surface area contributed by atoms with Crippen molar-refractivity contribution < 1.29 is 4.79 Å². The van der Waals surface area contributed by atoms with E-state index >= 15 is 0 Å². The summed E-state index contributed by atoms with van der Waals surface area (Å²) in [4.78, 5) is 11.3. The molecule has 0 bridgehead atoms. The Bertz CT molecular complexity index is 187. The third-order valence-electron chi connectivity index (χ3n) is 2.53. The van der Waals surface area contributed by atoms with E-state index in [0.29, 0.717) is 12.0 Å². The number of rotatable bonds is 2. The molecule has 1 saturated heterocycles. The normalized spacial score (nSPS) is 28.8. The number of hydrogen-bond donors (Lipinski definition) is 3. The van der Waals surface area contributed by atoms with Crippen molar-refractivity contribution in [1.82, 2.24) is 10.6 Å². The molecule has 0 aliphatic carbocycles. The predicted octanol–water partition coefficient (Wildman–Crippen LogP) is -0.130. The van der Waals surface area contributed by atoms with Gasteiger partial charge in [-0.3, -0.25) is 4.79 Å². The molecule has 4 nitrogen and oxygen atoms in total. The third kappa shape index (κ3) is 3.82. The van der Waals surface area contributed by atoms with Gasteiger partial charge in [0.1, 0.15) is 0 Å². The zero-order chi connectivity index (χ0) is 9.84. The van der Waals surface area contributed by atoms with Crippen molar-refractivity contribution >= 4 is 18.3 Å². The fraction of sp³-hybridized carbons (Fsp3) is 0.889. The molecule has 4 N–H and O–H groups in total. The lowest BCUT2D eigenvalue weighted by molar-refractivity contribution is -0.123. The third-order valence-corrected chi connectivity index (χ3v) is 2.53. The van der Waals surface area contributed by atoms with Crippen molar-refractivity contribution in [3.8, 4) is 0 Å². The summed E-state index contributed by atoms with van der Waals surface area (Å²) in [6.07, 6.45) is 1.000. The first-order chi connectivity index (χ1) is 6.11. The van der Waals surface area contributed by atoms with Gasteiger partial charge in [0.05, 0.1) is 6.04 Å². The number of carbonyl (C=O) groups excluding carboxylic acids is 1. The molecule has 1 aliphatic heterocycles. The molecule has 1 fully saturated rings. The van der Waals surface area contributed by atoms with Gasteiger partial charge in [-0.15, -0.1) is 12.4 Å². The minimum Gasteiger partial charge on any atom is -0.352 e. The average Bonchev–Trinajstić information content (AvgIpc) is 2.08. The lowest BCUT2D eigenvalue weighted by atomic mass is 9.95. The zero-order valence-corrected chi connectivity index (χ0v) is 9.56. The van der Waals surface area contributed by atoms with Gasteiger partial charge in [-0.1, -0.05) is 6.92 Å². The minimum absolute atomic E-state index is 0. The first kappa shape index (κ1) is 13.7. The molecule has 1 amide bonds. The van der Waals surface area contributed by atoms with Gasteiger partial charge in [-0.05, 0) is 32.4 Å². The molecule has 0 radical (unpaired) electrons. The number of halogens is 1. The van der Waals surface area contributed by atoms with Crippen molar-refractivity contribution in [2.24, 2.45) is 11.7 Å². The summed E-state index contributed by atoms with van der Waals surface area (Å²) >= 11 is 0. The Morgan fingerprint density at radius 2 is 2.29 bits per heavy atom. The second-order valence-electron chi connectivity index (χ2n) is 3.87. The van der Waals surface area contributed by atoms with Crippen LogP contribution in [0.3, 0.4) is 0 Å². The molecule has 0 aromatic heterocycles. The highest BCUT2D eigenvalue weighted by Crippen LogP contribution is 2.09. The van der Waals surface area contributed by atoms with Crippen molar-refractivity contribution in [1.29, 1.82) is 0 Å². The lowest BCUT2D eigenvalue weighted by Gasteiger charge is -2.30. The first-order valence-corrected chi connectivity index (χ1v) is 4.88. The van der Waals surface area contributed by atoms with Crippen LogP contribution in [0.4, 0.5) is 0 Å². The van der Waals surface area contributed by atoms with E-state index < -0.39 is 6.04 Å². The van der Waals surface area contributed by atoms with Gasteiger partial charge in [-0.2, -0.15) is 0 Å². The van der Waals surface area contributed by atoms with E-state index in [0.717, 1.165) is 19.5 Å². The fourth-order valence-corrected chi connectivity index (χ4v) is 1.54. The maximum absolute atomic E-state index is 11.3. The Hall–Kier alpha value is -0.320. The molecular formula is C9H20ClN3O. The standard InChI is InChI=1S/C9H19N3O.ClH/c1-6-5-11-4-3-8(6)12-9(13)7(2)10;/h6-8,11H,3-5,10H2,1-2H3,(H,12,13);1H. The highest BCUT2D eigenvalue weighted by molar-refractivity contribution is 5.85. The summed E-state index contributed by atoms with van der Waals surface area (Å²) in [5.41, 5.74) is 5.47. The molecule has 1 heterocycles. The van der Waals surface area contributed by atoms with Crippen molar-refractivity contribution in [3.63, 3.8) is 0 Å². The molecule has 0 aromatic rings. The van der Waals surface area contributed by atoms with Crippen LogP contribution in [-0.2, 0) is 4.79 Å². The van der Waals surface area contributed by atoms with E-state index in [2.05, 4.69) is 17.6 Å². The molecule has 3 atom stereocenters. The summed E-state index contributed by atoms with van der Waals surface area (Å²) in [6.45, 7) is 5.80. The maximum atomic E-state index is 11.3. The molecule has 5 heteroatoms. The monoisotopic (exact) mass is 221 g/mol. The molecular weight excluding hydrogens is 202 g/mol. The van der Waals surface area contributed by atoms with Crippen LogP contribution in [0, 0.1) is 5.92 Å². The van der Waals surface area contributed by atoms with Gasteiger partial charge in [-0.25, -0.2) is 0 Å². The summed E-state index contributed by atoms with van der Waals surface area (Å²) in [5, 5.41) is 6.25. The summed E-state index contributed by atoms with van der Waals surface area (Å²) in [6, 6.07) is -0.109. The number of nitrogens with two attached hydrogens (primary N) is 1. The van der Waals surface area contributed by atoms with Crippen LogP contribution in [0.5, 0.6) is 0 Å². The van der Waals surface area contributed by atoms with Gasteiger partial charge in [0.2, 0.25) is 5.91 Å². The molecule has 1 rings (SSSR count). The highest BCUT2D eigenvalue weighted by Gasteiger charge is 2.23. The summed E-state index contributed by atoms with van der Waals surface area (Å²) in [5.74, 6) is 0.454. The van der Waals surface area contributed by atoms with Gasteiger partial charge < -0.3 is 16.4 Å². The topological polar surface area (TPSA) is 67.2 Å². The van der Waals surface area contributed by atoms with Crippen molar-refractivity contribution in [3.05, 3.63) is 0 Å². The molecule has 0 aromatic carbocycles. The molecule has 14 heavy (non-hydrogen) atoms. The Labute approximate surface area is 91.4 Å². The van der Waals surface area contributed by atoms with E-state index in [1.807, 2.05) is 0 Å². The fourth-order valence-electron chi connectivity index (χ4n) is 1.54. The zero-order valence-electron chi connectivity index (χ0n) is 8.75. The van der Waals surface area contributed by atoms with E-state index in [1.165, 1.54) is 0 Å². The minimum atomic E-state index is -0.401. The van der Waals surface area contributed by atoms with Crippen molar-refractivity contribution in [2.45, 2.75) is 32.4 Å². The van der Waals surface area contributed by atoms with E-state index in [9.17, 15) is 4.79 Å². The quantitative estimate of drug-likeness (QED) is 0.609. The van der Waals surface area contributed by atoms with Crippen LogP contribution in [0.15, 0.2) is 0 Å². The molecule has 3 unspecified atom stereocenters. The van der Waals surface area contributed by atoms with Gasteiger partial charge in [0.25, 0.3) is 0 Å². The van der Waals surface area contributed by atoms with Gasteiger partial charge >= 0.3 is 0 Å².